The van der Waals surface area contributed by atoms with Crippen LogP contribution in [0.15, 0.2) is 40.8 Å². The number of rotatable bonds is 5. The second-order valence-electron chi connectivity index (χ2n) is 4.08. The fourth-order valence-electron chi connectivity index (χ4n) is 1.66. The lowest BCUT2D eigenvalue weighted by Gasteiger charge is -2.05. The second kappa shape index (κ2) is 5.92. The summed E-state index contributed by atoms with van der Waals surface area (Å²) in [4.78, 5) is 22.0. The van der Waals surface area contributed by atoms with E-state index in [0.717, 1.165) is 5.69 Å². The van der Waals surface area contributed by atoms with Gasteiger partial charge in [0.25, 0.3) is 5.91 Å². The first-order valence-electron chi connectivity index (χ1n) is 5.98. The van der Waals surface area contributed by atoms with Crippen LogP contribution < -0.4 is 10.6 Å². The van der Waals surface area contributed by atoms with Gasteiger partial charge >= 0.3 is 5.97 Å². The number of benzene rings is 1. The first-order chi connectivity index (χ1) is 9.60. The molecule has 0 atom stereocenters. The van der Waals surface area contributed by atoms with E-state index in [9.17, 15) is 9.59 Å². The fraction of sp³-hybridized carbons (Fsp3) is 0.143. The molecular formula is C14H14N2O4. The summed E-state index contributed by atoms with van der Waals surface area (Å²) in [5.74, 6) is -0.797. The van der Waals surface area contributed by atoms with Crippen LogP contribution in [-0.4, -0.2) is 24.0 Å². The highest BCUT2D eigenvalue weighted by Gasteiger charge is 2.08. The van der Waals surface area contributed by atoms with E-state index in [0.29, 0.717) is 17.9 Å². The van der Waals surface area contributed by atoms with Gasteiger partial charge in [-0.05, 0) is 36.4 Å². The molecular weight excluding hydrogens is 260 g/mol. The summed E-state index contributed by atoms with van der Waals surface area (Å²) < 4.78 is 5.12. The molecule has 1 aromatic carbocycles. The molecule has 0 radical (unpaired) electrons. The molecule has 6 nitrogen and oxygen atoms in total. The Balaban J connectivity index is 1.96. The molecule has 1 amide bonds. The average molecular weight is 274 g/mol. The van der Waals surface area contributed by atoms with Crippen LogP contribution in [0.5, 0.6) is 0 Å². The number of anilines is 1. The van der Waals surface area contributed by atoms with E-state index in [1.54, 1.807) is 37.4 Å². The lowest BCUT2D eigenvalue weighted by atomic mass is 10.2. The van der Waals surface area contributed by atoms with Crippen molar-refractivity contribution in [2.24, 2.45) is 0 Å². The molecule has 0 unspecified atom stereocenters. The number of carboxylic acid groups (broad SMARTS) is 1. The van der Waals surface area contributed by atoms with Crippen molar-refractivity contribution in [3.05, 3.63) is 53.5 Å². The largest absolute Gasteiger partial charge is 0.475 e. The molecule has 0 aliphatic rings. The van der Waals surface area contributed by atoms with E-state index in [2.05, 4.69) is 10.6 Å². The van der Waals surface area contributed by atoms with E-state index in [4.69, 9.17) is 9.52 Å². The molecule has 1 heterocycles. The third-order valence-corrected chi connectivity index (χ3v) is 2.71. The normalized spacial score (nSPS) is 10.1. The number of hydrogen-bond acceptors (Lipinski definition) is 4. The van der Waals surface area contributed by atoms with E-state index in [1.807, 2.05) is 0 Å². The van der Waals surface area contributed by atoms with Crippen molar-refractivity contribution in [2.75, 3.05) is 12.4 Å². The number of carboxylic acids is 1. The van der Waals surface area contributed by atoms with E-state index >= 15 is 0 Å². The predicted molar refractivity (Wildman–Crippen MR) is 72.8 cm³/mol. The molecule has 0 spiro atoms. The monoisotopic (exact) mass is 274 g/mol. The molecule has 0 aliphatic heterocycles. The van der Waals surface area contributed by atoms with Crippen molar-refractivity contribution >= 4 is 17.6 Å². The zero-order valence-electron chi connectivity index (χ0n) is 10.8. The molecule has 1 aromatic heterocycles. The Morgan fingerprint density at radius 1 is 1.15 bits per heavy atom. The van der Waals surface area contributed by atoms with Crippen molar-refractivity contribution < 1.29 is 19.1 Å². The van der Waals surface area contributed by atoms with Crippen LogP contribution in [-0.2, 0) is 6.54 Å². The molecule has 104 valence electrons. The minimum atomic E-state index is -1.09. The summed E-state index contributed by atoms with van der Waals surface area (Å²) in [6, 6.07) is 9.96. The number of aromatic carboxylic acids is 1. The molecule has 3 N–H and O–H groups in total. The minimum Gasteiger partial charge on any atom is -0.475 e. The molecule has 0 aliphatic carbocycles. The van der Waals surface area contributed by atoms with Gasteiger partial charge in [-0.25, -0.2) is 4.79 Å². The maximum Gasteiger partial charge on any atom is 0.371 e. The van der Waals surface area contributed by atoms with Crippen molar-refractivity contribution in [2.45, 2.75) is 6.54 Å². The highest BCUT2D eigenvalue weighted by Crippen LogP contribution is 2.13. The average Bonchev–Trinajstić information content (AvgIpc) is 2.94. The van der Waals surface area contributed by atoms with Gasteiger partial charge < -0.3 is 20.2 Å². The fourth-order valence-corrected chi connectivity index (χ4v) is 1.66. The summed E-state index contributed by atoms with van der Waals surface area (Å²) in [5, 5.41) is 14.4. The van der Waals surface area contributed by atoms with Crippen molar-refractivity contribution in [3.8, 4) is 0 Å². The summed E-state index contributed by atoms with van der Waals surface area (Å²) in [7, 11) is 1.57. The third kappa shape index (κ3) is 3.17. The SMILES string of the molecule is CNC(=O)c1ccc(NCc2ccc(C(=O)O)o2)cc1. The summed E-state index contributed by atoms with van der Waals surface area (Å²) >= 11 is 0. The van der Waals surface area contributed by atoms with Gasteiger partial charge in [0.15, 0.2) is 0 Å². The van der Waals surface area contributed by atoms with Crippen LogP contribution >= 0.6 is 0 Å². The Morgan fingerprint density at radius 3 is 2.40 bits per heavy atom. The van der Waals surface area contributed by atoms with Gasteiger partial charge in [-0.15, -0.1) is 0 Å². The smallest absolute Gasteiger partial charge is 0.371 e. The predicted octanol–water partition coefficient (Wildman–Crippen LogP) is 1.95. The standard InChI is InChI=1S/C14H14N2O4/c1-15-13(17)9-2-4-10(5-3-9)16-8-11-6-7-12(20-11)14(18)19/h2-7,16H,8H2,1H3,(H,15,17)(H,18,19). The summed E-state index contributed by atoms with van der Waals surface area (Å²) in [6.07, 6.45) is 0. The van der Waals surface area contributed by atoms with Crippen LogP contribution in [0.2, 0.25) is 0 Å². The Kier molecular flexibility index (Phi) is 4.05. The van der Waals surface area contributed by atoms with Crippen molar-refractivity contribution in [1.29, 1.82) is 0 Å². The van der Waals surface area contributed by atoms with Crippen LogP contribution in [0.3, 0.4) is 0 Å². The zero-order valence-corrected chi connectivity index (χ0v) is 10.8. The quantitative estimate of drug-likeness (QED) is 0.775. The molecule has 20 heavy (non-hydrogen) atoms. The number of nitrogens with one attached hydrogen (secondary N) is 2. The Hall–Kier alpha value is -2.76. The topological polar surface area (TPSA) is 91.6 Å². The van der Waals surface area contributed by atoms with E-state index in [-0.39, 0.29) is 11.7 Å². The maximum atomic E-state index is 11.4. The Labute approximate surface area is 115 Å². The van der Waals surface area contributed by atoms with Crippen LogP contribution in [0, 0.1) is 0 Å². The summed E-state index contributed by atoms with van der Waals surface area (Å²) in [6.45, 7) is 0.368. The Morgan fingerprint density at radius 2 is 1.85 bits per heavy atom. The zero-order chi connectivity index (χ0) is 14.5. The lowest BCUT2D eigenvalue weighted by Crippen LogP contribution is -2.17. The summed E-state index contributed by atoms with van der Waals surface area (Å²) in [5.41, 5.74) is 1.38. The van der Waals surface area contributed by atoms with Crippen LogP contribution in [0.25, 0.3) is 0 Å². The molecule has 6 heteroatoms. The van der Waals surface area contributed by atoms with Gasteiger partial charge in [0.1, 0.15) is 5.76 Å². The second-order valence-corrected chi connectivity index (χ2v) is 4.08. The van der Waals surface area contributed by atoms with Gasteiger partial charge in [0.2, 0.25) is 5.76 Å². The number of carbonyl (C=O) groups is 2. The Bertz CT molecular complexity index is 616. The third-order valence-electron chi connectivity index (χ3n) is 2.71. The molecule has 0 saturated carbocycles. The van der Waals surface area contributed by atoms with Gasteiger partial charge in [0, 0.05) is 18.3 Å². The van der Waals surface area contributed by atoms with E-state index < -0.39 is 5.97 Å². The first kappa shape index (κ1) is 13.7. The molecule has 0 fully saturated rings. The van der Waals surface area contributed by atoms with Gasteiger partial charge in [-0.3, -0.25) is 4.79 Å². The molecule has 0 saturated heterocycles. The van der Waals surface area contributed by atoms with Crippen molar-refractivity contribution in [3.63, 3.8) is 0 Å². The molecule has 2 aromatic rings. The lowest BCUT2D eigenvalue weighted by molar-refractivity contribution is 0.0660. The number of amides is 1. The highest BCUT2D eigenvalue weighted by atomic mass is 16.4. The minimum absolute atomic E-state index is 0.0863. The maximum absolute atomic E-state index is 11.4. The number of furan rings is 1. The van der Waals surface area contributed by atoms with Crippen LogP contribution in [0.4, 0.5) is 5.69 Å². The van der Waals surface area contributed by atoms with Crippen molar-refractivity contribution in [1.82, 2.24) is 5.32 Å². The van der Waals surface area contributed by atoms with E-state index in [1.165, 1.54) is 6.07 Å². The molecule has 0 bridgehead atoms. The van der Waals surface area contributed by atoms with Gasteiger partial charge in [0.05, 0.1) is 6.54 Å². The first-order valence-corrected chi connectivity index (χ1v) is 5.98. The number of carbonyl (C=O) groups excluding carboxylic acids is 1. The molecule has 2 rings (SSSR count). The highest BCUT2D eigenvalue weighted by molar-refractivity contribution is 5.94. The van der Waals surface area contributed by atoms with Gasteiger partial charge in [-0.1, -0.05) is 0 Å². The number of hydrogen-bond donors (Lipinski definition) is 3. The van der Waals surface area contributed by atoms with Gasteiger partial charge in [-0.2, -0.15) is 0 Å². The van der Waals surface area contributed by atoms with Crippen LogP contribution in [0.1, 0.15) is 26.7 Å².